The highest BCUT2D eigenvalue weighted by Crippen LogP contribution is 2.24. The summed E-state index contributed by atoms with van der Waals surface area (Å²) < 4.78 is 35.8. The molecule has 0 aromatic heterocycles. The first-order chi connectivity index (χ1) is 11.7. The molecule has 2 N–H and O–H groups in total. The van der Waals surface area contributed by atoms with Gasteiger partial charge in [-0.25, -0.2) is 12.8 Å². The Hall–Kier alpha value is -1.96. The Balaban J connectivity index is 1.90. The topological polar surface area (TPSA) is 92.3 Å². The zero-order chi connectivity index (χ0) is 18.6. The SMILES string of the molecule is CC(C)C(C(=O)NCC(=O)NC1CCS(=O)(=O)C1)c1ccc(F)cc1. The van der Waals surface area contributed by atoms with Gasteiger partial charge in [0.05, 0.1) is 24.0 Å². The van der Waals surface area contributed by atoms with Gasteiger partial charge in [-0.1, -0.05) is 26.0 Å². The van der Waals surface area contributed by atoms with Crippen LogP contribution in [0, 0.1) is 11.7 Å². The Morgan fingerprint density at radius 3 is 2.40 bits per heavy atom. The number of amides is 2. The number of carbonyl (C=O) groups is 2. The minimum atomic E-state index is -3.07. The van der Waals surface area contributed by atoms with Crippen LogP contribution in [0.25, 0.3) is 0 Å². The van der Waals surface area contributed by atoms with Crippen molar-refractivity contribution in [1.82, 2.24) is 10.6 Å². The molecule has 6 nitrogen and oxygen atoms in total. The summed E-state index contributed by atoms with van der Waals surface area (Å²) in [5.74, 6) is -1.64. The summed E-state index contributed by atoms with van der Waals surface area (Å²) in [7, 11) is -3.07. The van der Waals surface area contributed by atoms with Crippen LogP contribution >= 0.6 is 0 Å². The maximum absolute atomic E-state index is 13.1. The third-order valence-corrected chi connectivity index (χ3v) is 5.97. The molecule has 1 aromatic carbocycles. The molecule has 1 fully saturated rings. The first-order valence-electron chi connectivity index (χ1n) is 8.21. The van der Waals surface area contributed by atoms with Crippen LogP contribution in [-0.2, 0) is 19.4 Å². The van der Waals surface area contributed by atoms with E-state index in [1.165, 1.54) is 12.1 Å². The first-order valence-corrected chi connectivity index (χ1v) is 10.0. The van der Waals surface area contributed by atoms with Gasteiger partial charge in [0.25, 0.3) is 0 Å². The van der Waals surface area contributed by atoms with Crippen LogP contribution in [-0.4, -0.2) is 44.3 Å². The van der Waals surface area contributed by atoms with Gasteiger partial charge in [-0.3, -0.25) is 9.59 Å². The molecule has 0 bridgehead atoms. The summed E-state index contributed by atoms with van der Waals surface area (Å²) in [4.78, 5) is 24.4. The number of nitrogens with one attached hydrogen (secondary N) is 2. The quantitative estimate of drug-likeness (QED) is 0.781. The molecule has 1 aliphatic rings. The molecule has 1 saturated heterocycles. The molecule has 1 heterocycles. The highest BCUT2D eigenvalue weighted by molar-refractivity contribution is 7.91. The van der Waals surface area contributed by atoms with Gasteiger partial charge in [0.2, 0.25) is 11.8 Å². The average molecular weight is 370 g/mol. The number of halogens is 1. The lowest BCUT2D eigenvalue weighted by Gasteiger charge is -2.21. The number of rotatable bonds is 6. The zero-order valence-electron chi connectivity index (χ0n) is 14.3. The Bertz CT molecular complexity index is 732. The number of hydrogen-bond acceptors (Lipinski definition) is 4. The summed E-state index contributed by atoms with van der Waals surface area (Å²) in [5, 5.41) is 5.20. The molecule has 0 spiro atoms. The highest BCUT2D eigenvalue weighted by Gasteiger charge is 2.29. The van der Waals surface area contributed by atoms with Crippen LogP contribution < -0.4 is 10.6 Å². The molecular weight excluding hydrogens is 347 g/mol. The van der Waals surface area contributed by atoms with E-state index in [0.29, 0.717) is 12.0 Å². The highest BCUT2D eigenvalue weighted by atomic mass is 32.2. The van der Waals surface area contributed by atoms with Gasteiger partial charge < -0.3 is 10.6 Å². The van der Waals surface area contributed by atoms with Crippen LogP contribution in [0.15, 0.2) is 24.3 Å². The fourth-order valence-electron chi connectivity index (χ4n) is 2.97. The Kier molecular flexibility index (Phi) is 6.16. The van der Waals surface area contributed by atoms with E-state index in [1.807, 2.05) is 13.8 Å². The predicted octanol–water partition coefficient (Wildman–Crippen LogP) is 0.985. The monoisotopic (exact) mass is 370 g/mol. The Labute approximate surface area is 147 Å². The van der Waals surface area contributed by atoms with Gasteiger partial charge in [0.1, 0.15) is 5.82 Å². The second-order valence-electron chi connectivity index (χ2n) is 6.66. The van der Waals surface area contributed by atoms with E-state index in [-0.39, 0.29) is 35.7 Å². The molecule has 1 aliphatic heterocycles. The Morgan fingerprint density at radius 2 is 1.88 bits per heavy atom. The average Bonchev–Trinajstić information content (AvgIpc) is 2.86. The second-order valence-corrected chi connectivity index (χ2v) is 8.89. The van der Waals surface area contributed by atoms with Crippen LogP contribution in [0.4, 0.5) is 4.39 Å². The summed E-state index contributed by atoms with van der Waals surface area (Å²) in [6, 6.07) is 5.31. The van der Waals surface area contributed by atoms with Crippen LogP contribution in [0.1, 0.15) is 31.7 Å². The number of hydrogen-bond donors (Lipinski definition) is 2. The van der Waals surface area contributed by atoms with Crippen molar-refractivity contribution < 1.29 is 22.4 Å². The zero-order valence-corrected chi connectivity index (χ0v) is 15.1. The van der Waals surface area contributed by atoms with Gasteiger partial charge in [0, 0.05) is 6.04 Å². The minimum absolute atomic E-state index is 0.0338. The molecule has 8 heteroatoms. The third-order valence-electron chi connectivity index (χ3n) is 4.20. The molecule has 0 aliphatic carbocycles. The molecular formula is C17H23FN2O4S. The van der Waals surface area contributed by atoms with Crippen LogP contribution in [0.5, 0.6) is 0 Å². The minimum Gasteiger partial charge on any atom is -0.351 e. The van der Waals surface area contributed by atoms with E-state index in [9.17, 15) is 22.4 Å². The molecule has 0 saturated carbocycles. The summed E-state index contributed by atoms with van der Waals surface area (Å²) in [6.07, 6.45) is 0.395. The maximum Gasteiger partial charge on any atom is 0.239 e. The fraction of sp³-hybridized carbons (Fsp3) is 0.529. The van der Waals surface area contributed by atoms with E-state index in [1.54, 1.807) is 12.1 Å². The van der Waals surface area contributed by atoms with Crippen molar-refractivity contribution in [2.24, 2.45) is 5.92 Å². The summed E-state index contributed by atoms with van der Waals surface area (Å²) >= 11 is 0. The van der Waals surface area contributed by atoms with Crippen LogP contribution in [0.2, 0.25) is 0 Å². The number of carbonyl (C=O) groups excluding carboxylic acids is 2. The van der Waals surface area contributed by atoms with Crippen molar-refractivity contribution in [3.05, 3.63) is 35.6 Å². The van der Waals surface area contributed by atoms with Crippen molar-refractivity contribution in [1.29, 1.82) is 0 Å². The van der Waals surface area contributed by atoms with Crippen molar-refractivity contribution in [2.45, 2.75) is 32.2 Å². The van der Waals surface area contributed by atoms with Gasteiger partial charge >= 0.3 is 0 Å². The molecule has 25 heavy (non-hydrogen) atoms. The van der Waals surface area contributed by atoms with Crippen molar-refractivity contribution in [3.8, 4) is 0 Å². The predicted molar refractivity (Wildman–Crippen MR) is 92.2 cm³/mol. The van der Waals surface area contributed by atoms with Gasteiger partial charge in [0.15, 0.2) is 9.84 Å². The molecule has 1 aromatic rings. The van der Waals surface area contributed by atoms with Gasteiger partial charge in [-0.15, -0.1) is 0 Å². The number of benzene rings is 1. The third kappa shape index (κ3) is 5.52. The smallest absolute Gasteiger partial charge is 0.239 e. The second kappa shape index (κ2) is 7.95. The van der Waals surface area contributed by atoms with Crippen LogP contribution in [0.3, 0.4) is 0 Å². The summed E-state index contributed by atoms with van der Waals surface area (Å²) in [6.45, 7) is 3.52. The van der Waals surface area contributed by atoms with Crippen molar-refractivity contribution in [2.75, 3.05) is 18.1 Å². The molecule has 2 amide bonds. The largest absolute Gasteiger partial charge is 0.351 e. The molecule has 138 valence electrons. The van der Waals surface area contributed by atoms with E-state index in [2.05, 4.69) is 10.6 Å². The summed E-state index contributed by atoms with van der Waals surface area (Å²) in [5.41, 5.74) is 0.677. The fourth-order valence-corrected chi connectivity index (χ4v) is 4.65. The van der Waals surface area contributed by atoms with E-state index in [4.69, 9.17) is 0 Å². The molecule has 2 atom stereocenters. The Morgan fingerprint density at radius 1 is 1.24 bits per heavy atom. The van der Waals surface area contributed by atoms with Gasteiger partial charge in [-0.2, -0.15) is 0 Å². The van der Waals surface area contributed by atoms with Gasteiger partial charge in [-0.05, 0) is 30.0 Å². The van der Waals surface area contributed by atoms with E-state index >= 15 is 0 Å². The lowest BCUT2D eigenvalue weighted by Crippen LogP contribution is -2.44. The van der Waals surface area contributed by atoms with Crippen molar-refractivity contribution >= 4 is 21.7 Å². The normalized spacial score (nSPS) is 20.2. The van der Waals surface area contributed by atoms with E-state index in [0.717, 1.165) is 0 Å². The molecule has 2 rings (SSSR count). The standard InChI is InChI=1S/C17H23FN2O4S/c1-11(2)16(12-3-5-13(18)6-4-12)17(22)19-9-15(21)20-14-7-8-25(23,24)10-14/h3-6,11,14,16H,7-10H2,1-2H3,(H,19,22)(H,20,21). The lowest BCUT2D eigenvalue weighted by molar-refractivity contribution is -0.127. The maximum atomic E-state index is 13.1. The molecule has 2 unspecified atom stereocenters. The van der Waals surface area contributed by atoms with E-state index < -0.39 is 27.7 Å². The molecule has 0 radical (unpaired) electrons. The van der Waals surface area contributed by atoms with Crippen molar-refractivity contribution in [3.63, 3.8) is 0 Å². The number of sulfone groups is 1. The first kappa shape index (κ1) is 19.4. The lowest BCUT2D eigenvalue weighted by atomic mass is 9.87.